The topological polar surface area (TPSA) is 190 Å². The van der Waals surface area contributed by atoms with E-state index in [4.69, 9.17) is 0 Å². The Hall–Kier alpha value is -7.67. The van der Waals surface area contributed by atoms with Gasteiger partial charge in [-0.25, -0.2) is 0 Å². The van der Waals surface area contributed by atoms with E-state index < -0.39 is 28.4 Å². The van der Waals surface area contributed by atoms with Crippen molar-refractivity contribution < 1.29 is 13.2 Å². The highest BCUT2D eigenvalue weighted by molar-refractivity contribution is 6.30. The molecule has 0 saturated carbocycles. The van der Waals surface area contributed by atoms with Crippen LogP contribution in [0.1, 0.15) is 55.6 Å². The maximum atomic E-state index is 14.4. The maximum absolute atomic E-state index is 14.4. The molecule has 5 rings (SSSR count). The number of halogens is 3. The van der Waals surface area contributed by atoms with Crippen molar-refractivity contribution in [3.8, 4) is 48.6 Å². The average molecular weight is 613 g/mol. The summed E-state index contributed by atoms with van der Waals surface area (Å²) in [5, 5.41) is 79.1. The summed E-state index contributed by atoms with van der Waals surface area (Å²) in [6.07, 6.45) is -5.01. The first-order valence-corrected chi connectivity index (χ1v) is 13.2. The van der Waals surface area contributed by atoms with Crippen LogP contribution in [0.15, 0.2) is 59.7 Å². The molecule has 3 aromatic rings. The van der Waals surface area contributed by atoms with Crippen LogP contribution < -0.4 is 0 Å². The molecule has 0 spiro atoms. The summed E-state index contributed by atoms with van der Waals surface area (Å²) in [6.45, 7) is 1.67. The van der Waals surface area contributed by atoms with Crippen LogP contribution in [-0.2, 0) is 6.18 Å². The minimum atomic E-state index is -5.01. The van der Waals surface area contributed by atoms with Crippen molar-refractivity contribution in [3.05, 3.63) is 115 Å². The van der Waals surface area contributed by atoms with E-state index in [-0.39, 0.29) is 61.3 Å². The summed E-state index contributed by atoms with van der Waals surface area (Å²) >= 11 is 0. The van der Waals surface area contributed by atoms with Gasteiger partial charge in [-0.3, -0.25) is 0 Å². The minimum Gasteiger partial charge on any atom is -0.192 e. The van der Waals surface area contributed by atoms with Gasteiger partial charge in [0.1, 0.15) is 47.6 Å². The summed E-state index contributed by atoms with van der Waals surface area (Å²) in [7, 11) is 0. The summed E-state index contributed by atoms with van der Waals surface area (Å²) in [5.74, 6) is 0. The third-order valence-electron chi connectivity index (χ3n) is 7.75. The number of hydrogen-bond donors (Lipinski definition) is 0. The molecule has 0 saturated heterocycles. The Bertz CT molecular complexity index is 2450. The Kier molecular flexibility index (Phi) is 7.49. The quantitative estimate of drug-likeness (QED) is 0.270. The van der Waals surface area contributed by atoms with Crippen LogP contribution in [0.25, 0.3) is 33.4 Å². The lowest BCUT2D eigenvalue weighted by atomic mass is 9.88. The van der Waals surface area contributed by atoms with Crippen molar-refractivity contribution in [3.63, 3.8) is 0 Å². The molecule has 0 radical (unpaired) electrons. The molecule has 0 unspecified atom stereocenters. The molecule has 0 N–H and O–H groups in total. The van der Waals surface area contributed by atoms with Crippen molar-refractivity contribution in [1.82, 2.24) is 0 Å². The van der Waals surface area contributed by atoms with Crippen LogP contribution in [0.3, 0.4) is 0 Å². The smallest absolute Gasteiger partial charge is 0.192 e. The van der Waals surface area contributed by atoms with Crippen LogP contribution in [0.5, 0.6) is 0 Å². The Morgan fingerprint density at radius 2 is 0.936 bits per heavy atom. The van der Waals surface area contributed by atoms with Gasteiger partial charge in [-0.1, -0.05) is 12.1 Å². The van der Waals surface area contributed by atoms with Crippen LogP contribution in [-0.4, -0.2) is 0 Å². The molecule has 3 aromatic carbocycles. The number of alkyl halides is 3. The maximum Gasteiger partial charge on any atom is 0.417 e. The van der Waals surface area contributed by atoms with Gasteiger partial charge in [0.05, 0.1) is 40.0 Å². The van der Waals surface area contributed by atoms with E-state index >= 15 is 0 Å². The highest BCUT2D eigenvalue weighted by Crippen LogP contribution is 2.55. The van der Waals surface area contributed by atoms with E-state index in [1.54, 1.807) is 37.3 Å². The number of hydrogen-bond acceptors (Lipinski definition) is 8. The second-order valence-electron chi connectivity index (χ2n) is 10.1. The SMILES string of the molecule is Cc1cc(C#N)ccc1C1=C(C#N)c2cc3c(cc2C1=C(C#N)C#N)C(C#N)=C(c1ccc(C#N)cc1C(F)(F)F)C3=C(C#N)C#N. The molecule has 11 heteroatoms. The molecule has 216 valence electrons. The van der Waals surface area contributed by atoms with E-state index in [9.17, 15) is 55.3 Å². The Labute approximate surface area is 265 Å². The van der Waals surface area contributed by atoms with Crippen molar-refractivity contribution in [2.45, 2.75) is 13.1 Å². The lowest BCUT2D eigenvalue weighted by Crippen LogP contribution is -2.10. The summed E-state index contributed by atoms with van der Waals surface area (Å²) in [4.78, 5) is 0. The van der Waals surface area contributed by atoms with E-state index in [1.807, 2.05) is 24.3 Å². The molecule has 47 heavy (non-hydrogen) atoms. The lowest BCUT2D eigenvalue weighted by Gasteiger charge is -2.16. The van der Waals surface area contributed by atoms with Gasteiger partial charge in [0.15, 0.2) is 0 Å². The van der Waals surface area contributed by atoms with Crippen LogP contribution >= 0.6 is 0 Å². The second-order valence-corrected chi connectivity index (χ2v) is 10.1. The first kappa shape index (κ1) is 30.8. The van der Waals surface area contributed by atoms with Gasteiger partial charge in [0.2, 0.25) is 0 Å². The predicted octanol–water partition coefficient (Wildman–Crippen LogP) is 7.25. The number of fused-ring (bicyclic) bond motifs is 2. The molecule has 0 aliphatic heterocycles. The number of allylic oxidation sites excluding steroid dienone is 8. The zero-order chi connectivity index (χ0) is 34.2. The van der Waals surface area contributed by atoms with Crippen LogP contribution in [0.2, 0.25) is 0 Å². The zero-order valence-corrected chi connectivity index (χ0v) is 23.8. The summed E-state index contributed by atoms with van der Waals surface area (Å²) in [6, 6.07) is 24.7. The molecule has 0 amide bonds. The van der Waals surface area contributed by atoms with Crippen molar-refractivity contribution in [2.24, 2.45) is 0 Å². The fourth-order valence-corrected chi connectivity index (χ4v) is 5.86. The number of aryl methyl sites for hydroxylation is 1. The predicted molar refractivity (Wildman–Crippen MR) is 160 cm³/mol. The largest absolute Gasteiger partial charge is 0.417 e. The van der Waals surface area contributed by atoms with Crippen LogP contribution in [0.4, 0.5) is 13.2 Å². The zero-order valence-electron chi connectivity index (χ0n) is 23.8. The fourth-order valence-electron chi connectivity index (χ4n) is 5.86. The van der Waals surface area contributed by atoms with Gasteiger partial charge >= 0.3 is 6.18 Å². The first-order valence-electron chi connectivity index (χ1n) is 13.2. The normalized spacial score (nSPS) is 12.7. The Balaban J connectivity index is 1.96. The highest BCUT2D eigenvalue weighted by Gasteiger charge is 2.41. The molecule has 0 atom stereocenters. The minimum absolute atomic E-state index is 0.000413. The van der Waals surface area contributed by atoms with Crippen molar-refractivity contribution in [1.29, 1.82) is 42.1 Å². The fraction of sp³-hybridized carbons (Fsp3) is 0.0556. The third-order valence-corrected chi connectivity index (χ3v) is 7.75. The lowest BCUT2D eigenvalue weighted by molar-refractivity contribution is -0.137. The molecular formula is C36H11F3N8. The third kappa shape index (κ3) is 4.65. The summed E-state index contributed by atoms with van der Waals surface area (Å²) < 4.78 is 43.1. The Morgan fingerprint density at radius 1 is 0.511 bits per heavy atom. The van der Waals surface area contributed by atoms with Gasteiger partial charge in [0, 0.05) is 33.4 Å². The van der Waals surface area contributed by atoms with Gasteiger partial charge in [-0.15, -0.1) is 0 Å². The Morgan fingerprint density at radius 3 is 1.32 bits per heavy atom. The number of rotatable bonds is 2. The molecule has 2 aliphatic carbocycles. The average Bonchev–Trinajstić information content (AvgIpc) is 3.55. The molecular weight excluding hydrogens is 601 g/mol. The van der Waals surface area contributed by atoms with Crippen LogP contribution in [0, 0.1) is 97.6 Å². The van der Waals surface area contributed by atoms with E-state index in [0.717, 1.165) is 12.1 Å². The number of nitriles is 8. The van der Waals surface area contributed by atoms with Gasteiger partial charge in [0.25, 0.3) is 0 Å². The molecule has 0 fully saturated rings. The van der Waals surface area contributed by atoms with Crippen molar-refractivity contribution in [2.75, 3.05) is 0 Å². The molecule has 0 heterocycles. The molecule has 0 bridgehead atoms. The molecule has 0 aromatic heterocycles. The standard InChI is InChI=1S/C36H11F3N8/c1-18-6-19(10-40)2-4-23(18)34-29(16-46)25-8-28-26(9-27(25)32(34)21(12-42)13-43)30(17-47)35(33(28)22(14-44)15-45)24-5-3-20(11-41)7-31(24)36(37,38)39/h2-9H,1H3. The number of benzene rings is 3. The summed E-state index contributed by atoms with van der Waals surface area (Å²) in [5.41, 5.74) is -2.39. The second kappa shape index (κ2) is 11.4. The first-order chi connectivity index (χ1) is 22.5. The van der Waals surface area contributed by atoms with Crippen molar-refractivity contribution >= 4 is 33.4 Å². The molecule has 2 aliphatic rings. The van der Waals surface area contributed by atoms with E-state index in [0.29, 0.717) is 22.8 Å². The van der Waals surface area contributed by atoms with Gasteiger partial charge in [-0.2, -0.15) is 55.3 Å². The highest BCUT2D eigenvalue weighted by atomic mass is 19.4. The van der Waals surface area contributed by atoms with Gasteiger partial charge in [-0.05, 0) is 71.1 Å². The van der Waals surface area contributed by atoms with E-state index in [2.05, 4.69) is 6.07 Å². The van der Waals surface area contributed by atoms with E-state index in [1.165, 1.54) is 18.2 Å². The monoisotopic (exact) mass is 612 g/mol. The molecule has 8 nitrogen and oxygen atoms in total. The van der Waals surface area contributed by atoms with Gasteiger partial charge < -0.3 is 0 Å². The number of nitrogens with zero attached hydrogens (tertiary/aromatic N) is 8.